The van der Waals surface area contributed by atoms with Crippen LogP contribution in [0.5, 0.6) is 5.88 Å². The van der Waals surface area contributed by atoms with Crippen molar-refractivity contribution < 1.29 is 19.1 Å². The van der Waals surface area contributed by atoms with E-state index in [-0.39, 0.29) is 0 Å². The molecule has 0 aliphatic heterocycles. The average Bonchev–Trinajstić information content (AvgIpc) is 2.67. The second-order valence-electron chi connectivity index (χ2n) is 4.66. The molecule has 0 bridgehead atoms. The number of rotatable bonds is 6. The highest BCUT2D eigenvalue weighted by molar-refractivity contribution is 8.13. The van der Waals surface area contributed by atoms with Crippen LogP contribution in [0, 0.1) is 0 Å². The maximum atomic E-state index is 12.1. The summed E-state index contributed by atoms with van der Waals surface area (Å²) in [7, 11) is 2.79. The van der Waals surface area contributed by atoms with Gasteiger partial charge in [0, 0.05) is 23.4 Å². The summed E-state index contributed by atoms with van der Waals surface area (Å²) in [6, 6.07) is 12.6. The molecule has 0 N–H and O–H groups in total. The van der Waals surface area contributed by atoms with Gasteiger partial charge in [0.05, 0.1) is 20.5 Å². The van der Waals surface area contributed by atoms with Gasteiger partial charge in [0.1, 0.15) is 10.6 Å². The number of pyridine rings is 1. The van der Waals surface area contributed by atoms with Gasteiger partial charge in [0.25, 0.3) is 0 Å². The largest absolute Gasteiger partial charge is 0.503 e. The minimum atomic E-state index is -0.500. The molecule has 0 spiro atoms. The number of carbonyl (C=O) groups is 1. The zero-order valence-electron chi connectivity index (χ0n) is 14.1. The highest BCUT2D eigenvalue weighted by atomic mass is 32.2. The summed E-state index contributed by atoms with van der Waals surface area (Å²) in [5.74, 6) is -0.118. The SMILES string of the molecule is CO/C=C(/C(=O)OC)c1ccccc1/C(=N\Oc1ccccn1)SC. The normalized spacial score (nSPS) is 11.8. The summed E-state index contributed by atoms with van der Waals surface area (Å²) in [6.07, 6.45) is 4.84. The molecule has 0 saturated carbocycles. The zero-order chi connectivity index (χ0) is 18.1. The number of thioether (sulfide) groups is 1. The van der Waals surface area contributed by atoms with Crippen LogP contribution in [0.15, 0.2) is 60.1 Å². The van der Waals surface area contributed by atoms with Gasteiger partial charge in [-0.1, -0.05) is 35.5 Å². The number of benzene rings is 1. The quantitative estimate of drug-likeness (QED) is 0.197. The maximum absolute atomic E-state index is 12.1. The van der Waals surface area contributed by atoms with E-state index >= 15 is 0 Å². The number of methoxy groups -OCH3 is 2. The van der Waals surface area contributed by atoms with E-state index in [1.54, 1.807) is 30.5 Å². The Kier molecular flexibility index (Phi) is 7.03. The molecule has 7 heteroatoms. The molecule has 6 nitrogen and oxygen atoms in total. The van der Waals surface area contributed by atoms with E-state index in [9.17, 15) is 4.79 Å². The topological polar surface area (TPSA) is 70.0 Å². The van der Waals surface area contributed by atoms with Gasteiger partial charge in [-0.05, 0) is 12.3 Å². The van der Waals surface area contributed by atoms with Crippen LogP contribution in [0.25, 0.3) is 5.57 Å². The molecule has 0 radical (unpaired) electrons. The fraction of sp³-hybridized carbons (Fsp3) is 0.167. The summed E-state index contributed by atoms with van der Waals surface area (Å²) in [6.45, 7) is 0. The third-order valence-electron chi connectivity index (χ3n) is 3.14. The van der Waals surface area contributed by atoms with E-state index in [1.165, 1.54) is 32.2 Å². The lowest BCUT2D eigenvalue weighted by Gasteiger charge is -2.12. The van der Waals surface area contributed by atoms with Crippen LogP contribution >= 0.6 is 11.8 Å². The van der Waals surface area contributed by atoms with Crippen molar-refractivity contribution >= 4 is 28.3 Å². The van der Waals surface area contributed by atoms with Gasteiger partial charge in [0.15, 0.2) is 0 Å². The fourth-order valence-electron chi connectivity index (χ4n) is 2.04. The van der Waals surface area contributed by atoms with Crippen molar-refractivity contribution in [2.45, 2.75) is 0 Å². The van der Waals surface area contributed by atoms with Crippen LogP contribution in [0.4, 0.5) is 0 Å². The first-order valence-corrected chi connectivity index (χ1v) is 8.54. The Morgan fingerprint density at radius 2 is 1.84 bits per heavy atom. The number of hydrogen-bond acceptors (Lipinski definition) is 7. The number of aromatic nitrogens is 1. The molecule has 0 fully saturated rings. The summed E-state index contributed by atoms with van der Waals surface area (Å²) in [5, 5.41) is 4.76. The van der Waals surface area contributed by atoms with E-state index < -0.39 is 5.97 Å². The highest BCUT2D eigenvalue weighted by Crippen LogP contribution is 2.25. The molecule has 130 valence electrons. The number of oxime groups is 1. The highest BCUT2D eigenvalue weighted by Gasteiger charge is 2.19. The Bertz CT molecular complexity index is 776. The number of nitrogens with zero attached hydrogens (tertiary/aromatic N) is 2. The monoisotopic (exact) mass is 358 g/mol. The third-order valence-corrected chi connectivity index (χ3v) is 3.82. The lowest BCUT2D eigenvalue weighted by atomic mass is 10.0. The number of carbonyl (C=O) groups excluding carboxylic acids is 1. The molecule has 1 heterocycles. The summed E-state index contributed by atoms with van der Waals surface area (Å²) in [5.41, 5.74) is 1.65. The van der Waals surface area contributed by atoms with Gasteiger partial charge >= 0.3 is 5.97 Å². The van der Waals surface area contributed by atoms with Crippen molar-refractivity contribution in [3.05, 3.63) is 66.1 Å². The second kappa shape index (κ2) is 9.48. The molecular weight excluding hydrogens is 340 g/mol. The molecule has 0 amide bonds. The van der Waals surface area contributed by atoms with E-state index in [2.05, 4.69) is 10.1 Å². The third kappa shape index (κ3) is 4.84. The zero-order valence-corrected chi connectivity index (χ0v) is 14.9. The minimum absolute atomic E-state index is 0.292. The predicted octanol–water partition coefficient (Wildman–Crippen LogP) is 3.35. The van der Waals surface area contributed by atoms with Gasteiger partial charge in [-0.25, -0.2) is 9.78 Å². The Labute approximate surface area is 150 Å². The number of hydrogen-bond donors (Lipinski definition) is 0. The average molecular weight is 358 g/mol. The van der Waals surface area contributed by atoms with E-state index in [4.69, 9.17) is 14.3 Å². The first-order chi connectivity index (χ1) is 12.2. The standard InChI is InChI=1S/C18H18N2O4S/c1-22-12-15(18(21)23-2)13-8-4-5-9-14(13)17(25-3)20-24-16-10-6-7-11-19-16/h4-12H,1-3H3/b15-12+,20-17+. The van der Waals surface area contributed by atoms with Crippen LogP contribution < -0.4 is 4.84 Å². The molecule has 0 saturated heterocycles. The Balaban J connectivity index is 2.43. The lowest BCUT2D eigenvalue weighted by molar-refractivity contribution is -0.133. The lowest BCUT2D eigenvalue weighted by Crippen LogP contribution is -2.09. The Hall–Kier alpha value is -2.80. The smallest absolute Gasteiger partial charge is 0.341 e. The van der Waals surface area contributed by atoms with Crippen LogP contribution in [0.2, 0.25) is 0 Å². The first kappa shape index (κ1) is 18.5. The maximum Gasteiger partial charge on any atom is 0.341 e. The van der Waals surface area contributed by atoms with E-state index in [0.29, 0.717) is 22.1 Å². The van der Waals surface area contributed by atoms with Gasteiger partial charge in [-0.3, -0.25) is 0 Å². The van der Waals surface area contributed by atoms with Crippen molar-refractivity contribution in [1.29, 1.82) is 0 Å². The minimum Gasteiger partial charge on any atom is -0.503 e. The molecule has 0 atom stereocenters. The molecule has 2 aromatic rings. The summed E-state index contributed by atoms with van der Waals surface area (Å²) >= 11 is 1.39. The predicted molar refractivity (Wildman–Crippen MR) is 98.4 cm³/mol. The van der Waals surface area contributed by atoms with E-state index in [0.717, 1.165) is 5.56 Å². The fourth-order valence-corrected chi connectivity index (χ4v) is 2.55. The summed E-state index contributed by atoms with van der Waals surface area (Å²) in [4.78, 5) is 21.5. The van der Waals surface area contributed by atoms with Gasteiger partial charge in [-0.15, -0.1) is 11.8 Å². The molecule has 0 aliphatic carbocycles. The second-order valence-corrected chi connectivity index (χ2v) is 5.46. The van der Waals surface area contributed by atoms with Crippen LogP contribution in [0.3, 0.4) is 0 Å². The van der Waals surface area contributed by atoms with Crippen LogP contribution in [0.1, 0.15) is 11.1 Å². The van der Waals surface area contributed by atoms with Crippen molar-refractivity contribution in [3.63, 3.8) is 0 Å². The Morgan fingerprint density at radius 1 is 1.12 bits per heavy atom. The van der Waals surface area contributed by atoms with Gasteiger partial charge in [0.2, 0.25) is 5.88 Å². The Morgan fingerprint density at radius 3 is 2.44 bits per heavy atom. The molecule has 0 aliphatic rings. The van der Waals surface area contributed by atoms with Crippen molar-refractivity contribution in [3.8, 4) is 5.88 Å². The number of ether oxygens (including phenoxy) is 2. The van der Waals surface area contributed by atoms with Crippen molar-refractivity contribution in [1.82, 2.24) is 4.98 Å². The summed E-state index contributed by atoms with van der Waals surface area (Å²) < 4.78 is 9.87. The molecule has 0 unspecified atom stereocenters. The molecule has 2 rings (SSSR count). The van der Waals surface area contributed by atoms with Crippen LogP contribution in [-0.4, -0.2) is 36.5 Å². The number of esters is 1. The molecule has 1 aromatic carbocycles. The molecular formula is C18H18N2O4S. The van der Waals surface area contributed by atoms with Crippen molar-refractivity contribution in [2.24, 2.45) is 5.16 Å². The molecule has 25 heavy (non-hydrogen) atoms. The van der Waals surface area contributed by atoms with Crippen molar-refractivity contribution in [2.75, 3.05) is 20.5 Å². The molecule has 1 aromatic heterocycles. The van der Waals surface area contributed by atoms with Crippen LogP contribution in [-0.2, 0) is 14.3 Å². The van der Waals surface area contributed by atoms with Gasteiger partial charge < -0.3 is 14.3 Å². The first-order valence-electron chi connectivity index (χ1n) is 7.32. The van der Waals surface area contributed by atoms with E-state index in [1.807, 2.05) is 24.5 Å². The van der Waals surface area contributed by atoms with Gasteiger partial charge in [-0.2, -0.15) is 0 Å².